The summed E-state index contributed by atoms with van der Waals surface area (Å²) in [5.41, 5.74) is 6.43. The molecule has 1 aromatic carbocycles. The normalized spacial score (nSPS) is 13.8. The van der Waals surface area contributed by atoms with Crippen molar-refractivity contribution in [3.8, 4) is 0 Å². The van der Waals surface area contributed by atoms with Crippen molar-refractivity contribution < 1.29 is 14.3 Å². The number of anilines is 3. The summed E-state index contributed by atoms with van der Waals surface area (Å²) < 4.78 is 6.38. The molecule has 0 atom stereocenters. The van der Waals surface area contributed by atoms with Gasteiger partial charge in [0.1, 0.15) is 5.82 Å². The number of nitrogens with one attached hydrogen (secondary N) is 1. The van der Waals surface area contributed by atoms with Gasteiger partial charge in [0.05, 0.1) is 0 Å². The Morgan fingerprint density at radius 1 is 1.23 bits per heavy atom. The molecule has 2 aromatic rings. The van der Waals surface area contributed by atoms with Crippen LogP contribution in [0.2, 0.25) is 0 Å². The van der Waals surface area contributed by atoms with E-state index in [0.29, 0.717) is 32.5 Å². The molecule has 1 fully saturated rings. The quantitative estimate of drug-likeness (QED) is 0.393. The first-order chi connectivity index (χ1) is 16.7. The van der Waals surface area contributed by atoms with Crippen molar-refractivity contribution in [1.82, 2.24) is 9.55 Å². The maximum Gasteiger partial charge on any atom is 0.330 e. The number of carbonyl (C=O) groups excluding carboxylic acids is 2. The molecule has 0 saturated carbocycles. The van der Waals surface area contributed by atoms with E-state index in [2.05, 4.69) is 4.98 Å². The summed E-state index contributed by atoms with van der Waals surface area (Å²) in [5, 5.41) is 0. The average molecular weight is 484 g/mol. The lowest BCUT2D eigenvalue weighted by Gasteiger charge is -2.24. The molecule has 2 amide bonds. The first kappa shape index (κ1) is 26.0. The molecule has 1 aromatic heterocycles. The second kappa shape index (κ2) is 11.7. The predicted molar refractivity (Wildman–Crippen MR) is 136 cm³/mol. The van der Waals surface area contributed by atoms with Crippen molar-refractivity contribution >= 4 is 35.1 Å². The third-order valence-corrected chi connectivity index (χ3v) is 5.72. The van der Waals surface area contributed by atoms with Gasteiger partial charge in [0.15, 0.2) is 5.69 Å². The van der Waals surface area contributed by atoms with Crippen LogP contribution in [0.5, 0.6) is 0 Å². The van der Waals surface area contributed by atoms with Gasteiger partial charge in [-0.25, -0.2) is 4.79 Å². The third-order valence-electron chi connectivity index (χ3n) is 5.72. The van der Waals surface area contributed by atoms with Gasteiger partial charge in [-0.2, -0.15) is 0 Å². The number of carbonyl (C=O) groups is 2. The highest BCUT2D eigenvalue weighted by Crippen LogP contribution is 2.22. The number of hydrogen-bond donors (Lipinski definition) is 2. The fourth-order valence-corrected chi connectivity index (χ4v) is 4.03. The zero-order chi connectivity index (χ0) is 25.5. The number of aromatic amines is 1. The van der Waals surface area contributed by atoms with E-state index < -0.39 is 17.2 Å². The lowest BCUT2D eigenvalue weighted by atomic mass is 10.1. The van der Waals surface area contributed by atoms with Crippen LogP contribution in [-0.2, 0) is 20.9 Å². The van der Waals surface area contributed by atoms with Crippen LogP contribution in [-0.4, -0.2) is 48.2 Å². The lowest BCUT2D eigenvalue weighted by Crippen LogP contribution is -2.41. The number of benzene rings is 1. The summed E-state index contributed by atoms with van der Waals surface area (Å²) in [7, 11) is 1.55. The lowest BCUT2D eigenvalue weighted by molar-refractivity contribution is -0.117. The maximum atomic E-state index is 13.2. The smallest absolute Gasteiger partial charge is 0.330 e. The van der Waals surface area contributed by atoms with E-state index in [9.17, 15) is 19.2 Å². The molecular weight excluding hydrogens is 450 g/mol. The van der Waals surface area contributed by atoms with E-state index in [1.165, 1.54) is 15.5 Å². The fraction of sp³-hybridized carbons (Fsp3) is 0.440. The largest absolute Gasteiger partial charge is 0.385 e. The van der Waals surface area contributed by atoms with Gasteiger partial charge in [0.25, 0.3) is 11.5 Å². The van der Waals surface area contributed by atoms with Gasteiger partial charge in [-0.3, -0.25) is 23.9 Å². The Morgan fingerprint density at radius 3 is 2.54 bits per heavy atom. The molecule has 1 aliphatic rings. The molecule has 35 heavy (non-hydrogen) atoms. The van der Waals surface area contributed by atoms with Crippen LogP contribution in [0, 0.1) is 5.92 Å². The van der Waals surface area contributed by atoms with Crippen molar-refractivity contribution in [2.75, 3.05) is 42.3 Å². The Morgan fingerprint density at radius 2 is 1.94 bits per heavy atom. The predicted octanol–water partition coefficient (Wildman–Crippen LogP) is 1.98. The van der Waals surface area contributed by atoms with Crippen molar-refractivity contribution in [3.05, 3.63) is 56.7 Å². The number of amides is 2. The van der Waals surface area contributed by atoms with Crippen LogP contribution in [0.1, 0.15) is 38.7 Å². The van der Waals surface area contributed by atoms with Crippen LogP contribution in [0.15, 0.2) is 39.9 Å². The molecule has 0 radical (unpaired) electrons. The number of ether oxygens (including phenoxy) is 1. The van der Waals surface area contributed by atoms with Gasteiger partial charge in [-0.05, 0) is 42.5 Å². The summed E-state index contributed by atoms with van der Waals surface area (Å²) in [4.78, 5) is 55.5. The summed E-state index contributed by atoms with van der Waals surface area (Å²) >= 11 is 0. The average Bonchev–Trinajstić information content (AvgIpc) is 3.25. The number of nitrogen functional groups attached to an aromatic ring is 1. The molecule has 0 unspecified atom stereocenters. The number of rotatable bonds is 10. The van der Waals surface area contributed by atoms with E-state index in [1.807, 2.05) is 38.1 Å². The highest BCUT2D eigenvalue weighted by atomic mass is 16.5. The monoisotopic (exact) mass is 483 g/mol. The molecule has 0 spiro atoms. The standard InChI is InChI=1S/C25H33N5O5/c1-17(2)16-30-23(26)22(24(33)27-25(30)34)29(14-5-15-35-3)21(32)12-9-18-7-10-19(11-8-18)28-13-4-6-20(28)31/h7-12,17H,4-6,13-16,26H2,1-3H3,(H,27,33,34)/b12-9+. The van der Waals surface area contributed by atoms with Gasteiger partial charge in [-0.15, -0.1) is 0 Å². The second-order valence-electron chi connectivity index (χ2n) is 8.91. The van der Waals surface area contributed by atoms with Crippen LogP contribution in [0.25, 0.3) is 6.08 Å². The second-order valence-corrected chi connectivity index (χ2v) is 8.91. The molecular formula is C25H33N5O5. The van der Waals surface area contributed by atoms with Crippen LogP contribution >= 0.6 is 0 Å². The molecule has 1 aliphatic heterocycles. The van der Waals surface area contributed by atoms with E-state index in [4.69, 9.17) is 10.5 Å². The molecule has 10 nitrogen and oxygen atoms in total. The molecule has 188 valence electrons. The number of methoxy groups -OCH3 is 1. The minimum Gasteiger partial charge on any atom is -0.385 e. The van der Waals surface area contributed by atoms with Gasteiger partial charge >= 0.3 is 5.69 Å². The molecule has 0 aliphatic carbocycles. The first-order valence-corrected chi connectivity index (χ1v) is 11.7. The number of H-pyrrole nitrogens is 1. The molecule has 10 heteroatoms. The zero-order valence-corrected chi connectivity index (χ0v) is 20.5. The van der Waals surface area contributed by atoms with E-state index in [0.717, 1.165) is 17.7 Å². The number of hydrogen-bond acceptors (Lipinski definition) is 6. The van der Waals surface area contributed by atoms with Gasteiger partial charge in [0, 0.05) is 51.5 Å². The Bertz CT molecular complexity index is 1200. The van der Waals surface area contributed by atoms with Crippen LogP contribution < -0.4 is 26.8 Å². The van der Waals surface area contributed by atoms with Crippen molar-refractivity contribution in [2.24, 2.45) is 5.92 Å². The maximum absolute atomic E-state index is 13.2. The zero-order valence-electron chi connectivity index (χ0n) is 20.5. The fourth-order valence-electron chi connectivity index (χ4n) is 4.03. The van der Waals surface area contributed by atoms with E-state index in [1.54, 1.807) is 18.1 Å². The minimum atomic E-state index is -0.716. The highest BCUT2D eigenvalue weighted by molar-refractivity contribution is 6.05. The van der Waals surface area contributed by atoms with Gasteiger partial charge < -0.3 is 20.3 Å². The highest BCUT2D eigenvalue weighted by Gasteiger charge is 2.23. The number of nitrogens with zero attached hydrogens (tertiary/aromatic N) is 3. The van der Waals surface area contributed by atoms with Gasteiger partial charge in [0.2, 0.25) is 5.91 Å². The molecule has 2 heterocycles. The summed E-state index contributed by atoms with van der Waals surface area (Å²) in [5.74, 6) is -0.292. The third kappa shape index (κ3) is 6.27. The topological polar surface area (TPSA) is 131 Å². The van der Waals surface area contributed by atoms with E-state index >= 15 is 0 Å². The van der Waals surface area contributed by atoms with Crippen molar-refractivity contribution in [1.29, 1.82) is 0 Å². The first-order valence-electron chi connectivity index (χ1n) is 11.7. The van der Waals surface area contributed by atoms with Crippen molar-refractivity contribution in [3.63, 3.8) is 0 Å². The molecule has 1 saturated heterocycles. The van der Waals surface area contributed by atoms with Crippen LogP contribution in [0.3, 0.4) is 0 Å². The summed E-state index contributed by atoms with van der Waals surface area (Å²) in [6, 6.07) is 7.33. The molecule has 0 bridgehead atoms. The number of aromatic nitrogens is 2. The Kier molecular flexibility index (Phi) is 8.64. The Labute approximate surface area is 204 Å². The Hall–Kier alpha value is -3.66. The van der Waals surface area contributed by atoms with Gasteiger partial charge in [-0.1, -0.05) is 26.0 Å². The van der Waals surface area contributed by atoms with Crippen molar-refractivity contribution in [2.45, 2.75) is 39.7 Å². The molecule has 3 N–H and O–H groups in total. The minimum absolute atomic E-state index is 0.0498. The summed E-state index contributed by atoms with van der Waals surface area (Å²) in [6.07, 6.45) is 4.87. The van der Waals surface area contributed by atoms with Crippen LogP contribution in [0.4, 0.5) is 17.2 Å². The Balaban J connectivity index is 1.88. The number of nitrogens with two attached hydrogens (primary N) is 1. The SMILES string of the molecule is COCCCN(C(=O)/C=C/c1ccc(N2CCCC2=O)cc1)c1c(N)n(CC(C)C)c(=O)[nH]c1=O. The van der Waals surface area contributed by atoms with E-state index in [-0.39, 0.29) is 29.9 Å². The molecule has 3 rings (SSSR count). The summed E-state index contributed by atoms with van der Waals surface area (Å²) in [6.45, 7) is 5.42.